The van der Waals surface area contributed by atoms with Gasteiger partial charge >= 0.3 is 6.01 Å². The lowest BCUT2D eigenvalue weighted by Crippen LogP contribution is -2.24. The van der Waals surface area contributed by atoms with E-state index in [0.717, 1.165) is 11.4 Å². The average molecular weight is 239 g/mol. The van der Waals surface area contributed by atoms with Crippen molar-refractivity contribution in [3.8, 4) is 6.01 Å². The Kier molecular flexibility index (Phi) is 3.28. The zero-order valence-corrected chi connectivity index (χ0v) is 9.85. The van der Waals surface area contributed by atoms with Crippen LogP contribution in [0.3, 0.4) is 0 Å². The van der Waals surface area contributed by atoms with Crippen molar-refractivity contribution in [2.24, 2.45) is 5.92 Å². The molecule has 0 N–H and O–H groups in total. The van der Waals surface area contributed by atoms with Crippen molar-refractivity contribution in [1.82, 2.24) is 9.97 Å². The average Bonchev–Trinajstić information content (AvgIpc) is 2.71. The summed E-state index contributed by atoms with van der Waals surface area (Å²) in [4.78, 5) is 21.4. The van der Waals surface area contributed by atoms with Gasteiger partial charge in [-0.1, -0.05) is 0 Å². The minimum Gasteiger partial charge on any atom is -0.467 e. The summed E-state index contributed by atoms with van der Waals surface area (Å²) in [5, 5.41) is 0. The first-order valence-electron chi connectivity index (χ1n) is 5.02. The number of methoxy groups -OCH3 is 1. The summed E-state index contributed by atoms with van der Waals surface area (Å²) in [6.07, 6.45) is 3.75. The van der Waals surface area contributed by atoms with Crippen LogP contribution in [0.15, 0.2) is 12.4 Å². The monoisotopic (exact) mass is 239 g/mol. The van der Waals surface area contributed by atoms with Crippen molar-refractivity contribution in [2.75, 3.05) is 24.3 Å². The summed E-state index contributed by atoms with van der Waals surface area (Å²) in [5.74, 6) is 1.14. The molecule has 0 spiro atoms. The highest BCUT2D eigenvalue weighted by Crippen LogP contribution is 2.24. The molecule has 0 aliphatic carbocycles. The van der Waals surface area contributed by atoms with E-state index >= 15 is 0 Å². The molecule has 16 heavy (non-hydrogen) atoms. The first kappa shape index (κ1) is 11.2. The van der Waals surface area contributed by atoms with Gasteiger partial charge in [-0.15, -0.1) is 0 Å². The summed E-state index contributed by atoms with van der Waals surface area (Å²) in [5.41, 5.74) is 0.718. The van der Waals surface area contributed by atoms with Crippen LogP contribution < -0.4 is 9.64 Å². The van der Waals surface area contributed by atoms with E-state index in [-0.39, 0.29) is 5.91 Å². The lowest BCUT2D eigenvalue weighted by atomic mass is 10.1. The van der Waals surface area contributed by atoms with Crippen LogP contribution in [0.2, 0.25) is 0 Å². The lowest BCUT2D eigenvalue weighted by Gasteiger charge is -2.15. The normalized spacial score (nSPS) is 20.2. The van der Waals surface area contributed by atoms with Gasteiger partial charge in [0, 0.05) is 13.0 Å². The number of rotatable bonds is 3. The van der Waals surface area contributed by atoms with Gasteiger partial charge in [0.15, 0.2) is 0 Å². The quantitative estimate of drug-likeness (QED) is 0.792. The van der Waals surface area contributed by atoms with E-state index < -0.39 is 0 Å². The minimum absolute atomic E-state index is 0.104. The highest BCUT2D eigenvalue weighted by molar-refractivity contribution is 7.80. The fourth-order valence-electron chi connectivity index (χ4n) is 1.71. The van der Waals surface area contributed by atoms with E-state index in [1.165, 1.54) is 7.11 Å². The molecule has 1 aromatic heterocycles. The Bertz CT molecular complexity index is 382. The highest BCUT2D eigenvalue weighted by atomic mass is 32.1. The third-order valence-corrected chi connectivity index (χ3v) is 3.09. The summed E-state index contributed by atoms with van der Waals surface area (Å²) >= 11 is 4.21. The van der Waals surface area contributed by atoms with Crippen molar-refractivity contribution >= 4 is 24.2 Å². The fourth-order valence-corrected chi connectivity index (χ4v) is 1.95. The number of thiol groups is 1. The first-order valence-corrected chi connectivity index (χ1v) is 5.65. The summed E-state index contributed by atoms with van der Waals surface area (Å²) < 4.78 is 4.86. The zero-order chi connectivity index (χ0) is 11.5. The van der Waals surface area contributed by atoms with Gasteiger partial charge < -0.3 is 9.64 Å². The molecule has 1 aliphatic rings. The second-order valence-corrected chi connectivity index (χ2v) is 4.05. The van der Waals surface area contributed by atoms with Crippen molar-refractivity contribution in [1.29, 1.82) is 0 Å². The van der Waals surface area contributed by atoms with Gasteiger partial charge in [0.25, 0.3) is 0 Å². The summed E-state index contributed by atoms with van der Waals surface area (Å²) in [6.45, 7) is 0.692. The number of hydrogen-bond donors (Lipinski definition) is 1. The molecular formula is C10H13N3O2S. The number of aromatic nitrogens is 2. The molecule has 86 valence electrons. The van der Waals surface area contributed by atoms with Crippen molar-refractivity contribution in [2.45, 2.75) is 6.42 Å². The zero-order valence-electron chi connectivity index (χ0n) is 8.96. The number of anilines is 1. The molecule has 2 heterocycles. The van der Waals surface area contributed by atoms with Gasteiger partial charge in [0.2, 0.25) is 5.91 Å². The van der Waals surface area contributed by atoms with E-state index in [9.17, 15) is 4.79 Å². The van der Waals surface area contributed by atoms with Crippen molar-refractivity contribution < 1.29 is 9.53 Å². The maximum atomic E-state index is 11.7. The van der Waals surface area contributed by atoms with Crippen molar-refractivity contribution in [3.05, 3.63) is 12.4 Å². The molecule has 0 aromatic carbocycles. The molecule has 1 fully saturated rings. The van der Waals surface area contributed by atoms with Crippen LogP contribution in [0.4, 0.5) is 5.69 Å². The molecule has 6 heteroatoms. The molecule has 5 nitrogen and oxygen atoms in total. The Labute approximate surface area is 99.2 Å². The van der Waals surface area contributed by atoms with Gasteiger partial charge in [-0.2, -0.15) is 12.6 Å². The molecule has 2 rings (SSSR count). The molecule has 0 bridgehead atoms. The van der Waals surface area contributed by atoms with Crippen LogP contribution in [-0.2, 0) is 4.79 Å². The maximum absolute atomic E-state index is 11.7. The van der Waals surface area contributed by atoms with Gasteiger partial charge in [-0.25, -0.2) is 9.97 Å². The molecule has 1 amide bonds. The van der Waals surface area contributed by atoms with Gasteiger partial charge in [0.1, 0.15) is 0 Å². The molecule has 1 atom stereocenters. The summed E-state index contributed by atoms with van der Waals surface area (Å²) in [7, 11) is 1.51. The van der Waals surface area contributed by atoms with Crippen molar-refractivity contribution in [3.63, 3.8) is 0 Å². The molecule has 1 aliphatic heterocycles. The molecule has 0 saturated carbocycles. The molecular weight excluding hydrogens is 226 g/mol. The third kappa shape index (κ3) is 2.11. The third-order valence-electron chi connectivity index (χ3n) is 2.57. The highest BCUT2D eigenvalue weighted by Gasteiger charge is 2.29. The van der Waals surface area contributed by atoms with Crippen LogP contribution in [0.5, 0.6) is 6.01 Å². The summed E-state index contributed by atoms with van der Waals surface area (Å²) in [6, 6.07) is 0.307. The minimum atomic E-state index is 0.104. The largest absolute Gasteiger partial charge is 0.467 e. The number of carbonyl (C=O) groups is 1. The van der Waals surface area contributed by atoms with Gasteiger partial charge in [0.05, 0.1) is 25.2 Å². The first-order chi connectivity index (χ1) is 7.74. The predicted octanol–water partition coefficient (Wildman–Crippen LogP) is 0.768. The van der Waals surface area contributed by atoms with Crippen LogP contribution in [0, 0.1) is 5.92 Å². The molecule has 1 aromatic rings. The van der Waals surface area contributed by atoms with E-state index in [1.54, 1.807) is 17.3 Å². The standard InChI is InChI=1S/C10H13N3O2S/c1-15-10-11-3-8(4-12-10)13-5-7(6-16)2-9(13)14/h3-4,7,16H,2,5-6H2,1H3. The molecule has 1 unspecified atom stereocenters. The number of amides is 1. The molecule has 0 radical (unpaired) electrons. The van der Waals surface area contributed by atoms with Gasteiger partial charge in [-0.05, 0) is 11.7 Å². The second-order valence-electron chi connectivity index (χ2n) is 3.69. The molecule has 1 saturated heterocycles. The fraction of sp³-hybridized carbons (Fsp3) is 0.500. The Morgan fingerprint density at radius 1 is 1.56 bits per heavy atom. The van der Waals surface area contributed by atoms with Gasteiger partial charge in [-0.3, -0.25) is 4.79 Å². The van der Waals surface area contributed by atoms with Crippen LogP contribution >= 0.6 is 12.6 Å². The van der Waals surface area contributed by atoms with Crippen LogP contribution in [0.25, 0.3) is 0 Å². The Morgan fingerprint density at radius 2 is 2.25 bits per heavy atom. The van der Waals surface area contributed by atoms with E-state index in [4.69, 9.17) is 4.74 Å². The Morgan fingerprint density at radius 3 is 2.75 bits per heavy atom. The van der Waals surface area contributed by atoms with Crippen LogP contribution in [0.1, 0.15) is 6.42 Å². The van der Waals surface area contributed by atoms with Crippen LogP contribution in [-0.4, -0.2) is 35.3 Å². The maximum Gasteiger partial charge on any atom is 0.316 e. The SMILES string of the molecule is COc1ncc(N2CC(CS)CC2=O)cn1. The smallest absolute Gasteiger partial charge is 0.316 e. The Hall–Kier alpha value is -1.30. The predicted molar refractivity (Wildman–Crippen MR) is 62.9 cm³/mol. The van der Waals surface area contributed by atoms with E-state index in [2.05, 4.69) is 22.6 Å². The second kappa shape index (κ2) is 4.69. The Balaban J connectivity index is 2.15. The number of carbonyl (C=O) groups excluding carboxylic acids is 1. The number of nitrogens with zero attached hydrogens (tertiary/aromatic N) is 3. The topological polar surface area (TPSA) is 55.3 Å². The lowest BCUT2D eigenvalue weighted by molar-refractivity contribution is -0.117. The number of hydrogen-bond acceptors (Lipinski definition) is 5. The van der Waals surface area contributed by atoms with E-state index in [0.29, 0.717) is 24.9 Å². The number of ether oxygens (including phenoxy) is 1. The van der Waals surface area contributed by atoms with E-state index in [1.807, 2.05) is 0 Å².